The van der Waals surface area contributed by atoms with Gasteiger partial charge in [-0.1, -0.05) is 29.3 Å². The first kappa shape index (κ1) is 21.9. The van der Waals surface area contributed by atoms with Crippen molar-refractivity contribution in [1.29, 1.82) is 0 Å². The third kappa shape index (κ3) is 5.04. The van der Waals surface area contributed by atoms with E-state index in [0.29, 0.717) is 35.9 Å². The molecular weight excluding hydrogens is 435 g/mol. The van der Waals surface area contributed by atoms with Crippen molar-refractivity contribution in [1.82, 2.24) is 4.31 Å². The molecule has 1 fully saturated rings. The van der Waals surface area contributed by atoms with E-state index in [1.165, 1.54) is 4.31 Å². The Balaban J connectivity index is 1.62. The summed E-state index contributed by atoms with van der Waals surface area (Å²) >= 11 is 12.1. The summed E-state index contributed by atoms with van der Waals surface area (Å²) in [6.07, 6.45) is 0.862. The van der Waals surface area contributed by atoms with Crippen molar-refractivity contribution in [3.8, 4) is 5.75 Å². The van der Waals surface area contributed by atoms with Gasteiger partial charge in [0.1, 0.15) is 5.75 Å². The Hall–Kier alpha value is -1.80. The zero-order valence-corrected chi connectivity index (χ0v) is 18.2. The zero-order valence-electron chi connectivity index (χ0n) is 15.9. The van der Waals surface area contributed by atoms with Gasteiger partial charge in [-0.05, 0) is 56.2 Å². The molecule has 2 aromatic carbocycles. The first-order valence-corrected chi connectivity index (χ1v) is 11.5. The van der Waals surface area contributed by atoms with Crippen LogP contribution in [0.15, 0.2) is 47.4 Å². The molecule has 0 atom stereocenters. The molecule has 29 heavy (non-hydrogen) atoms. The minimum absolute atomic E-state index is 0.188. The van der Waals surface area contributed by atoms with E-state index in [4.69, 9.17) is 27.9 Å². The molecule has 0 unspecified atom stereocenters. The summed E-state index contributed by atoms with van der Waals surface area (Å²) < 4.78 is 32.5. The van der Waals surface area contributed by atoms with Crippen LogP contribution in [0.25, 0.3) is 0 Å². The first-order chi connectivity index (χ1) is 13.8. The highest BCUT2D eigenvalue weighted by atomic mass is 35.5. The lowest BCUT2D eigenvalue weighted by Gasteiger charge is -2.30. The van der Waals surface area contributed by atoms with Crippen molar-refractivity contribution in [2.75, 3.05) is 25.0 Å². The molecule has 0 aliphatic carbocycles. The Labute approximate surface area is 180 Å². The van der Waals surface area contributed by atoms with Crippen molar-refractivity contribution in [2.45, 2.75) is 24.7 Å². The van der Waals surface area contributed by atoms with Crippen molar-refractivity contribution < 1.29 is 17.9 Å². The number of rotatable bonds is 6. The fourth-order valence-corrected chi connectivity index (χ4v) is 5.03. The first-order valence-electron chi connectivity index (χ1n) is 9.31. The van der Waals surface area contributed by atoms with Gasteiger partial charge in [0.15, 0.2) is 0 Å². The number of ether oxygens (including phenoxy) is 1. The average molecular weight is 457 g/mol. The van der Waals surface area contributed by atoms with Crippen molar-refractivity contribution in [3.63, 3.8) is 0 Å². The van der Waals surface area contributed by atoms with Gasteiger partial charge < -0.3 is 10.1 Å². The van der Waals surface area contributed by atoms with E-state index in [2.05, 4.69) is 5.32 Å². The smallest absolute Gasteiger partial charge is 0.243 e. The summed E-state index contributed by atoms with van der Waals surface area (Å²) in [5.41, 5.74) is 0.452. The van der Waals surface area contributed by atoms with Gasteiger partial charge >= 0.3 is 0 Å². The van der Waals surface area contributed by atoms with E-state index < -0.39 is 10.0 Å². The van der Waals surface area contributed by atoms with Crippen LogP contribution in [0.1, 0.15) is 19.8 Å². The Morgan fingerprint density at radius 2 is 1.79 bits per heavy atom. The fourth-order valence-electron chi connectivity index (χ4n) is 3.22. The summed E-state index contributed by atoms with van der Waals surface area (Å²) in [6.45, 7) is 2.93. The van der Waals surface area contributed by atoms with Crippen molar-refractivity contribution in [3.05, 3.63) is 52.5 Å². The van der Waals surface area contributed by atoms with Crippen LogP contribution < -0.4 is 10.1 Å². The van der Waals surface area contributed by atoms with E-state index in [0.717, 1.165) is 0 Å². The number of benzene rings is 2. The summed E-state index contributed by atoms with van der Waals surface area (Å²) in [4.78, 5) is 12.8. The lowest BCUT2D eigenvalue weighted by atomic mass is 9.97. The monoisotopic (exact) mass is 456 g/mol. The molecule has 0 saturated carbocycles. The highest BCUT2D eigenvalue weighted by molar-refractivity contribution is 7.89. The molecule has 2 aromatic rings. The number of hydrogen-bond acceptors (Lipinski definition) is 4. The number of hydrogen-bond donors (Lipinski definition) is 1. The molecule has 1 aliphatic heterocycles. The molecule has 0 bridgehead atoms. The number of sulfonamides is 1. The third-order valence-corrected chi connectivity index (χ3v) is 7.54. The number of nitrogens with one attached hydrogen (secondary N) is 1. The minimum Gasteiger partial charge on any atom is -0.494 e. The molecule has 1 amide bonds. The van der Waals surface area contributed by atoms with Gasteiger partial charge in [-0.2, -0.15) is 4.31 Å². The number of halogens is 2. The Morgan fingerprint density at radius 3 is 2.41 bits per heavy atom. The molecule has 0 spiro atoms. The molecule has 0 aromatic heterocycles. The third-order valence-electron chi connectivity index (χ3n) is 4.81. The van der Waals surface area contributed by atoms with Crippen molar-refractivity contribution >= 4 is 44.8 Å². The summed E-state index contributed by atoms with van der Waals surface area (Å²) in [6, 6.07) is 11.4. The highest BCUT2D eigenvalue weighted by Crippen LogP contribution is 2.31. The lowest BCUT2D eigenvalue weighted by molar-refractivity contribution is -0.120. The number of carbonyl (C=O) groups excluding carboxylic acids is 1. The van der Waals surface area contributed by atoms with E-state index in [1.807, 2.05) is 6.92 Å². The van der Waals surface area contributed by atoms with E-state index in [-0.39, 0.29) is 34.8 Å². The normalized spacial score (nSPS) is 15.8. The molecule has 0 radical (unpaired) electrons. The van der Waals surface area contributed by atoms with Gasteiger partial charge in [-0.15, -0.1) is 0 Å². The second kappa shape index (κ2) is 9.34. The molecule has 1 saturated heterocycles. The van der Waals surface area contributed by atoms with Crippen LogP contribution in [-0.4, -0.2) is 38.3 Å². The number of nitrogens with zero attached hydrogens (tertiary/aromatic N) is 1. The van der Waals surface area contributed by atoms with Gasteiger partial charge in [0.2, 0.25) is 15.9 Å². The van der Waals surface area contributed by atoms with Gasteiger partial charge in [0, 0.05) is 19.0 Å². The molecule has 1 aliphatic rings. The van der Waals surface area contributed by atoms with Crippen LogP contribution >= 0.6 is 23.2 Å². The van der Waals surface area contributed by atoms with Crippen LogP contribution in [0.4, 0.5) is 5.69 Å². The Kier molecular flexibility index (Phi) is 7.05. The second-order valence-electron chi connectivity index (χ2n) is 6.67. The van der Waals surface area contributed by atoms with Gasteiger partial charge in [0.25, 0.3) is 0 Å². The van der Waals surface area contributed by atoms with Crippen LogP contribution in [-0.2, 0) is 14.8 Å². The summed E-state index contributed by atoms with van der Waals surface area (Å²) in [5.74, 6) is 0.144. The maximum atomic E-state index is 12.9. The SMILES string of the molecule is CCOc1ccc(S(=O)(=O)N2CCC(C(=O)Nc3cccc(Cl)c3Cl)CC2)cc1. The minimum atomic E-state index is -3.61. The largest absolute Gasteiger partial charge is 0.494 e. The van der Waals surface area contributed by atoms with Gasteiger partial charge in [0.05, 0.1) is 27.2 Å². The zero-order chi connectivity index (χ0) is 21.0. The van der Waals surface area contributed by atoms with Crippen molar-refractivity contribution in [2.24, 2.45) is 5.92 Å². The van der Waals surface area contributed by atoms with Crippen LogP contribution in [0.3, 0.4) is 0 Å². The lowest BCUT2D eigenvalue weighted by Crippen LogP contribution is -2.41. The highest BCUT2D eigenvalue weighted by Gasteiger charge is 2.32. The number of carbonyl (C=O) groups is 1. The molecule has 9 heteroatoms. The predicted octanol–water partition coefficient (Wildman–Crippen LogP) is 4.43. The molecule has 1 heterocycles. The number of amides is 1. The summed E-state index contributed by atoms with van der Waals surface area (Å²) in [5, 5.41) is 3.44. The molecule has 6 nitrogen and oxygen atoms in total. The van der Waals surface area contributed by atoms with Gasteiger partial charge in [-0.3, -0.25) is 4.79 Å². The standard InChI is InChI=1S/C20H22Cl2N2O4S/c1-2-28-15-6-8-16(9-7-15)29(26,27)24-12-10-14(11-13-24)20(25)23-18-5-3-4-17(21)19(18)22/h3-9,14H,2,10-13H2,1H3,(H,23,25). The second-order valence-corrected chi connectivity index (χ2v) is 9.40. The Bertz CT molecular complexity index is 972. The number of anilines is 1. The van der Waals surface area contributed by atoms with Crippen LogP contribution in [0.5, 0.6) is 5.75 Å². The molecule has 1 N–H and O–H groups in total. The number of piperidine rings is 1. The van der Waals surface area contributed by atoms with E-state index in [1.54, 1.807) is 42.5 Å². The van der Waals surface area contributed by atoms with E-state index in [9.17, 15) is 13.2 Å². The maximum Gasteiger partial charge on any atom is 0.243 e. The van der Waals surface area contributed by atoms with Crippen LogP contribution in [0.2, 0.25) is 10.0 Å². The Morgan fingerprint density at radius 1 is 1.14 bits per heavy atom. The predicted molar refractivity (Wildman–Crippen MR) is 114 cm³/mol. The average Bonchev–Trinajstić information content (AvgIpc) is 2.72. The van der Waals surface area contributed by atoms with Crippen LogP contribution in [0, 0.1) is 5.92 Å². The van der Waals surface area contributed by atoms with E-state index >= 15 is 0 Å². The molecule has 156 valence electrons. The van der Waals surface area contributed by atoms with Gasteiger partial charge in [-0.25, -0.2) is 8.42 Å². The molecular formula is C20H22Cl2N2O4S. The quantitative estimate of drug-likeness (QED) is 0.697. The molecule has 3 rings (SSSR count). The maximum absolute atomic E-state index is 12.9. The summed E-state index contributed by atoms with van der Waals surface area (Å²) in [7, 11) is -3.61. The topological polar surface area (TPSA) is 75.7 Å². The fraction of sp³-hybridized carbons (Fsp3) is 0.350.